The maximum absolute atomic E-state index is 9.01. The molecule has 0 aromatic carbocycles. The summed E-state index contributed by atoms with van der Waals surface area (Å²) in [7, 11) is 0. The highest BCUT2D eigenvalue weighted by Crippen LogP contribution is 2.63. The average Bonchev–Trinajstić information content (AvgIpc) is 2.39. The summed E-state index contributed by atoms with van der Waals surface area (Å²) in [5.41, 5.74) is 0.519. The molecule has 0 radical (unpaired) electrons. The van der Waals surface area contributed by atoms with E-state index in [1.54, 1.807) is 0 Å². The molecule has 2 rings (SSSR count). The second-order valence-corrected chi connectivity index (χ2v) is 5.43. The van der Waals surface area contributed by atoms with E-state index in [-0.39, 0.29) is 11.5 Å². The van der Waals surface area contributed by atoms with Crippen LogP contribution in [0.25, 0.3) is 4.98 Å². The Morgan fingerprint density at radius 1 is 1.33 bits per heavy atom. The number of hydrogen-bond acceptors (Lipinski definition) is 1. The van der Waals surface area contributed by atoms with E-state index in [1.807, 2.05) is 0 Å². The molecule has 3 atom stereocenters. The number of nitrogens with zero attached hydrogens (tertiary/aromatic N) is 2. The average molecular weight is 165 g/mol. The Labute approximate surface area is 74.0 Å². The van der Waals surface area contributed by atoms with Gasteiger partial charge in [0.05, 0.1) is 10.8 Å². The van der Waals surface area contributed by atoms with Gasteiger partial charge in [0.1, 0.15) is 4.98 Å². The van der Waals surface area contributed by atoms with E-state index >= 15 is 0 Å². The van der Waals surface area contributed by atoms with Crippen LogP contribution in [0.15, 0.2) is 0 Å². The fraction of sp³-hybridized carbons (Fsp3) is 1.00. The summed E-state index contributed by atoms with van der Waals surface area (Å²) in [5, 5.41) is 9.01. The number of diazo groups is 1. The van der Waals surface area contributed by atoms with Gasteiger partial charge in [0, 0.05) is 0 Å². The zero-order valence-corrected chi connectivity index (χ0v) is 8.17. The van der Waals surface area contributed by atoms with Crippen molar-refractivity contribution in [3.63, 3.8) is 0 Å². The standard InChI is InChI=1S/C10H17N2/c1-9(2)7-4-5-10(3,6-7)8(9)12-11/h7-8H,4-6H2,1-3H3/q+1. The molecule has 12 heavy (non-hydrogen) atoms. The third-order valence-corrected chi connectivity index (χ3v) is 4.31. The molecule has 0 spiro atoms. The van der Waals surface area contributed by atoms with Crippen molar-refractivity contribution in [2.45, 2.75) is 46.1 Å². The summed E-state index contributed by atoms with van der Waals surface area (Å²) in [6.45, 7) is 6.76. The fourth-order valence-electron chi connectivity index (χ4n) is 3.56. The van der Waals surface area contributed by atoms with Gasteiger partial charge in [0.25, 0.3) is 0 Å². The normalized spacial score (nSPS) is 49.2. The predicted octanol–water partition coefficient (Wildman–Crippen LogP) is 3.05. The van der Waals surface area contributed by atoms with Gasteiger partial charge >= 0.3 is 6.04 Å². The highest BCUT2D eigenvalue weighted by atomic mass is 15.0. The summed E-state index contributed by atoms with van der Waals surface area (Å²) >= 11 is 0. The minimum atomic E-state index is 0.170. The van der Waals surface area contributed by atoms with E-state index in [4.69, 9.17) is 5.39 Å². The van der Waals surface area contributed by atoms with Gasteiger partial charge in [-0.1, -0.05) is 20.8 Å². The Balaban J connectivity index is 2.39. The molecular formula is C10H17N2+. The highest BCUT2D eigenvalue weighted by Gasteiger charge is 2.67. The van der Waals surface area contributed by atoms with Crippen molar-refractivity contribution in [3.8, 4) is 0 Å². The molecule has 2 nitrogen and oxygen atoms in total. The van der Waals surface area contributed by atoms with Crippen molar-refractivity contribution in [1.82, 2.24) is 0 Å². The lowest BCUT2D eigenvalue weighted by Gasteiger charge is -2.30. The van der Waals surface area contributed by atoms with Crippen LogP contribution in [0.1, 0.15) is 40.0 Å². The zero-order chi connectivity index (χ0) is 8.98. The second kappa shape index (κ2) is 2.02. The van der Waals surface area contributed by atoms with Crippen molar-refractivity contribution in [2.24, 2.45) is 16.7 Å². The lowest BCUT2D eigenvalue weighted by atomic mass is 9.69. The van der Waals surface area contributed by atoms with Gasteiger partial charge in [-0.3, -0.25) is 0 Å². The molecular weight excluding hydrogens is 148 g/mol. The van der Waals surface area contributed by atoms with Crippen LogP contribution in [0.2, 0.25) is 0 Å². The smallest absolute Gasteiger partial charge is 0.0518 e. The molecule has 2 fully saturated rings. The van der Waals surface area contributed by atoms with E-state index in [9.17, 15) is 0 Å². The Morgan fingerprint density at radius 2 is 2.00 bits per heavy atom. The van der Waals surface area contributed by atoms with Gasteiger partial charge < -0.3 is 0 Å². The third-order valence-electron chi connectivity index (χ3n) is 4.31. The molecule has 66 valence electrons. The van der Waals surface area contributed by atoms with Gasteiger partial charge in [-0.2, -0.15) is 0 Å². The molecule has 2 saturated carbocycles. The van der Waals surface area contributed by atoms with Crippen LogP contribution >= 0.6 is 0 Å². The van der Waals surface area contributed by atoms with Crippen LogP contribution < -0.4 is 0 Å². The number of rotatable bonds is 0. The number of fused-ring (bicyclic) bond motifs is 2. The Bertz CT molecular complexity index is 246. The SMILES string of the molecule is CC12CCC(C1)C(C)(C)C2[N+]#N. The molecule has 0 aliphatic heterocycles. The summed E-state index contributed by atoms with van der Waals surface area (Å²) < 4.78 is 0. The van der Waals surface area contributed by atoms with Crippen molar-refractivity contribution in [3.05, 3.63) is 4.98 Å². The van der Waals surface area contributed by atoms with E-state index in [2.05, 4.69) is 25.7 Å². The fourth-order valence-corrected chi connectivity index (χ4v) is 3.56. The zero-order valence-electron chi connectivity index (χ0n) is 8.17. The van der Waals surface area contributed by atoms with Crippen LogP contribution in [0.4, 0.5) is 0 Å². The van der Waals surface area contributed by atoms with Crippen LogP contribution in [0.5, 0.6) is 0 Å². The lowest BCUT2D eigenvalue weighted by molar-refractivity contribution is 0.165. The van der Waals surface area contributed by atoms with Crippen molar-refractivity contribution >= 4 is 0 Å². The minimum absolute atomic E-state index is 0.170. The van der Waals surface area contributed by atoms with Gasteiger partial charge in [-0.25, -0.2) is 0 Å². The molecule has 0 amide bonds. The van der Waals surface area contributed by atoms with Crippen LogP contribution in [0.3, 0.4) is 0 Å². The first-order valence-corrected chi connectivity index (χ1v) is 4.85. The molecule has 0 aromatic rings. The summed E-state index contributed by atoms with van der Waals surface area (Å²) in [4.78, 5) is 3.59. The monoisotopic (exact) mass is 165 g/mol. The predicted molar refractivity (Wildman–Crippen MR) is 48.1 cm³/mol. The molecule has 0 saturated heterocycles. The molecule has 2 bridgehead atoms. The van der Waals surface area contributed by atoms with Crippen LogP contribution in [-0.4, -0.2) is 6.04 Å². The van der Waals surface area contributed by atoms with E-state index in [0.29, 0.717) is 5.41 Å². The van der Waals surface area contributed by atoms with Gasteiger partial charge in [-0.05, 0) is 25.2 Å². The lowest BCUT2D eigenvalue weighted by Crippen LogP contribution is -2.37. The van der Waals surface area contributed by atoms with Crippen LogP contribution in [0, 0.1) is 22.1 Å². The first-order valence-electron chi connectivity index (χ1n) is 4.85. The molecule has 3 unspecified atom stereocenters. The molecule has 2 aliphatic carbocycles. The van der Waals surface area contributed by atoms with E-state index in [0.717, 1.165) is 5.92 Å². The van der Waals surface area contributed by atoms with E-state index in [1.165, 1.54) is 19.3 Å². The Morgan fingerprint density at radius 3 is 2.33 bits per heavy atom. The maximum atomic E-state index is 9.01. The molecule has 0 heterocycles. The van der Waals surface area contributed by atoms with Gasteiger partial charge in [-0.15, -0.1) is 0 Å². The number of hydrogen-bond donors (Lipinski definition) is 0. The highest BCUT2D eigenvalue weighted by molar-refractivity contribution is 5.15. The first-order chi connectivity index (χ1) is 5.50. The molecule has 0 N–H and O–H groups in total. The molecule has 2 heteroatoms. The summed E-state index contributed by atoms with van der Waals surface area (Å²) in [6, 6.07) is 0.170. The Hall–Kier alpha value is -0.580. The Kier molecular flexibility index (Phi) is 1.35. The van der Waals surface area contributed by atoms with Crippen molar-refractivity contribution in [1.29, 1.82) is 5.39 Å². The minimum Gasteiger partial charge on any atom is -0.0518 e. The molecule has 2 aliphatic rings. The molecule has 0 aromatic heterocycles. The first kappa shape index (κ1) is 8.04. The quantitative estimate of drug-likeness (QED) is 0.507. The van der Waals surface area contributed by atoms with Gasteiger partial charge in [0.2, 0.25) is 5.39 Å². The van der Waals surface area contributed by atoms with Crippen molar-refractivity contribution < 1.29 is 0 Å². The maximum Gasteiger partial charge on any atom is 0.324 e. The largest absolute Gasteiger partial charge is 0.324 e. The van der Waals surface area contributed by atoms with Gasteiger partial charge in [0.15, 0.2) is 0 Å². The van der Waals surface area contributed by atoms with Crippen molar-refractivity contribution in [2.75, 3.05) is 0 Å². The topological polar surface area (TPSA) is 28.1 Å². The summed E-state index contributed by atoms with van der Waals surface area (Å²) in [5.74, 6) is 0.781. The van der Waals surface area contributed by atoms with Crippen LogP contribution in [-0.2, 0) is 0 Å². The third kappa shape index (κ3) is 0.722. The van der Waals surface area contributed by atoms with E-state index < -0.39 is 0 Å². The second-order valence-electron chi connectivity index (χ2n) is 5.43. The summed E-state index contributed by atoms with van der Waals surface area (Å²) in [6.07, 6.45) is 3.83.